The summed E-state index contributed by atoms with van der Waals surface area (Å²) in [4.78, 5) is 28.4. The minimum Gasteiger partial charge on any atom is -0.371 e. The van der Waals surface area contributed by atoms with E-state index in [2.05, 4.69) is 10.2 Å². The molecule has 1 aliphatic carbocycles. The molecule has 3 saturated heterocycles. The Balaban J connectivity index is 1.14. The van der Waals surface area contributed by atoms with Crippen LogP contribution in [0.5, 0.6) is 0 Å². The number of fused-ring (bicyclic) bond motifs is 1. The minimum atomic E-state index is -0.166. The first-order chi connectivity index (χ1) is 12.6. The molecule has 1 atom stereocenters. The fraction of sp³-hybridized carbons (Fsp3) is 0.737. The Hall–Kier alpha value is -1.89. The van der Waals surface area contributed by atoms with Crippen molar-refractivity contribution in [3.8, 4) is 0 Å². The Labute approximate surface area is 153 Å². The number of aromatic amines is 1. The zero-order valence-corrected chi connectivity index (χ0v) is 15.1. The van der Waals surface area contributed by atoms with Gasteiger partial charge in [0, 0.05) is 36.7 Å². The van der Waals surface area contributed by atoms with Gasteiger partial charge in [-0.2, -0.15) is 5.10 Å². The zero-order chi connectivity index (χ0) is 17.7. The van der Waals surface area contributed by atoms with Gasteiger partial charge >= 0.3 is 0 Å². The van der Waals surface area contributed by atoms with Crippen LogP contribution in [0.4, 0.5) is 0 Å². The quantitative estimate of drug-likeness (QED) is 0.879. The first kappa shape index (κ1) is 16.3. The lowest BCUT2D eigenvalue weighted by molar-refractivity contribution is -0.169. The van der Waals surface area contributed by atoms with Crippen molar-refractivity contribution >= 4 is 11.8 Å². The van der Waals surface area contributed by atoms with Gasteiger partial charge in [0.05, 0.1) is 19.7 Å². The van der Waals surface area contributed by atoms with E-state index in [1.807, 2.05) is 9.80 Å². The SMILES string of the molecule is O=C1CCCN1C[C@@H]1CCC2(CN(C(=O)c3n[nH]c4c3CCC4)C2)OC1. The number of H-pyrrole nitrogens is 1. The normalized spacial score (nSPS) is 27.1. The van der Waals surface area contributed by atoms with E-state index in [0.717, 1.165) is 62.9 Å². The number of hydrogen-bond donors (Lipinski definition) is 1. The van der Waals surface area contributed by atoms with Gasteiger partial charge in [-0.25, -0.2) is 0 Å². The van der Waals surface area contributed by atoms with Gasteiger partial charge in [0.1, 0.15) is 5.60 Å². The van der Waals surface area contributed by atoms with E-state index in [1.165, 1.54) is 0 Å². The molecular formula is C19H26N4O3. The number of aryl methyl sites for hydroxylation is 1. The third-order valence-electron chi connectivity index (χ3n) is 6.54. The van der Waals surface area contributed by atoms with Crippen molar-refractivity contribution in [1.29, 1.82) is 0 Å². The topological polar surface area (TPSA) is 78.5 Å². The maximum Gasteiger partial charge on any atom is 0.274 e. The van der Waals surface area contributed by atoms with Crippen LogP contribution >= 0.6 is 0 Å². The second-order valence-electron chi connectivity index (χ2n) is 8.39. The highest BCUT2D eigenvalue weighted by Gasteiger charge is 2.49. The highest BCUT2D eigenvalue weighted by Crippen LogP contribution is 2.37. The average Bonchev–Trinajstić information content (AvgIpc) is 3.31. The van der Waals surface area contributed by atoms with E-state index in [0.29, 0.717) is 37.7 Å². The number of nitrogens with zero attached hydrogens (tertiary/aromatic N) is 3. The molecule has 1 N–H and O–H groups in total. The first-order valence-electron chi connectivity index (χ1n) is 9.91. The Morgan fingerprint density at radius 2 is 2.15 bits per heavy atom. The van der Waals surface area contributed by atoms with Gasteiger partial charge in [-0.15, -0.1) is 0 Å². The summed E-state index contributed by atoms with van der Waals surface area (Å²) in [6.07, 6.45) is 6.81. The molecule has 0 unspecified atom stereocenters. The van der Waals surface area contributed by atoms with Gasteiger partial charge in [-0.3, -0.25) is 14.7 Å². The standard InChI is InChI=1S/C19H26N4O3/c24-16-5-2-8-22(16)9-13-6-7-19(26-10-13)11-23(12-19)18(25)17-14-3-1-4-15(14)20-21-17/h13H,1-12H2,(H,20,21)/t13-/m0/s1. The van der Waals surface area contributed by atoms with Crippen LogP contribution in [-0.4, -0.2) is 70.2 Å². The molecule has 7 nitrogen and oxygen atoms in total. The van der Waals surface area contributed by atoms with Crippen LogP contribution in [-0.2, 0) is 22.4 Å². The predicted molar refractivity (Wildman–Crippen MR) is 93.7 cm³/mol. The number of rotatable bonds is 3. The third kappa shape index (κ3) is 2.64. The van der Waals surface area contributed by atoms with Gasteiger partial charge in [0.15, 0.2) is 5.69 Å². The van der Waals surface area contributed by atoms with Crippen LogP contribution in [0, 0.1) is 5.92 Å². The number of hydrogen-bond acceptors (Lipinski definition) is 4. The number of amides is 2. The Bertz CT molecular complexity index is 727. The molecule has 4 aliphatic rings. The molecule has 0 aromatic carbocycles. The van der Waals surface area contributed by atoms with Crippen molar-refractivity contribution in [2.24, 2.45) is 5.92 Å². The summed E-state index contributed by atoms with van der Waals surface area (Å²) in [5, 5.41) is 7.28. The largest absolute Gasteiger partial charge is 0.371 e. The fourth-order valence-corrected chi connectivity index (χ4v) is 4.96. The summed E-state index contributed by atoms with van der Waals surface area (Å²) in [7, 11) is 0. The van der Waals surface area contributed by atoms with Crippen molar-refractivity contribution in [1.82, 2.24) is 20.0 Å². The zero-order valence-electron chi connectivity index (χ0n) is 15.1. The molecule has 26 heavy (non-hydrogen) atoms. The average molecular weight is 358 g/mol. The number of carbonyl (C=O) groups excluding carboxylic acids is 2. The second kappa shape index (κ2) is 6.08. The van der Waals surface area contributed by atoms with Crippen LogP contribution in [0.3, 0.4) is 0 Å². The summed E-state index contributed by atoms with van der Waals surface area (Å²) >= 11 is 0. The number of nitrogens with one attached hydrogen (secondary N) is 1. The van der Waals surface area contributed by atoms with E-state index in [9.17, 15) is 9.59 Å². The van der Waals surface area contributed by atoms with Crippen molar-refractivity contribution in [3.05, 3.63) is 17.0 Å². The molecular weight excluding hydrogens is 332 g/mol. The van der Waals surface area contributed by atoms with Crippen LogP contribution in [0.2, 0.25) is 0 Å². The van der Waals surface area contributed by atoms with E-state index >= 15 is 0 Å². The lowest BCUT2D eigenvalue weighted by atomic mass is 9.82. The van der Waals surface area contributed by atoms with Crippen molar-refractivity contribution < 1.29 is 14.3 Å². The van der Waals surface area contributed by atoms with Crippen LogP contribution in [0.25, 0.3) is 0 Å². The second-order valence-corrected chi connectivity index (χ2v) is 8.39. The first-order valence-corrected chi connectivity index (χ1v) is 9.91. The van der Waals surface area contributed by atoms with Crippen molar-refractivity contribution in [2.75, 3.05) is 32.8 Å². The number of aromatic nitrogens is 2. The van der Waals surface area contributed by atoms with Crippen LogP contribution in [0.1, 0.15) is 53.8 Å². The van der Waals surface area contributed by atoms with E-state index < -0.39 is 0 Å². The third-order valence-corrected chi connectivity index (χ3v) is 6.54. The van der Waals surface area contributed by atoms with Crippen molar-refractivity contribution in [3.63, 3.8) is 0 Å². The molecule has 140 valence electrons. The molecule has 4 heterocycles. The maximum absolute atomic E-state index is 12.7. The lowest BCUT2D eigenvalue weighted by Crippen LogP contribution is -2.66. The van der Waals surface area contributed by atoms with Crippen LogP contribution in [0.15, 0.2) is 0 Å². The molecule has 2 amide bonds. The van der Waals surface area contributed by atoms with Crippen molar-refractivity contribution in [2.45, 2.75) is 50.5 Å². The van der Waals surface area contributed by atoms with E-state index in [4.69, 9.17) is 4.74 Å². The summed E-state index contributed by atoms with van der Waals surface area (Å²) in [5.74, 6) is 0.766. The van der Waals surface area contributed by atoms with Gasteiger partial charge in [0.25, 0.3) is 5.91 Å². The van der Waals surface area contributed by atoms with Gasteiger partial charge < -0.3 is 14.5 Å². The molecule has 3 aliphatic heterocycles. The monoisotopic (exact) mass is 358 g/mol. The summed E-state index contributed by atoms with van der Waals surface area (Å²) in [5.41, 5.74) is 2.71. The summed E-state index contributed by atoms with van der Waals surface area (Å²) in [6.45, 7) is 3.77. The minimum absolute atomic E-state index is 0.0448. The highest BCUT2D eigenvalue weighted by molar-refractivity contribution is 5.95. The Kier molecular flexibility index (Phi) is 3.81. The molecule has 0 radical (unpaired) electrons. The summed E-state index contributed by atoms with van der Waals surface area (Å²) < 4.78 is 6.19. The Morgan fingerprint density at radius 1 is 1.27 bits per heavy atom. The number of carbonyl (C=O) groups is 2. The van der Waals surface area contributed by atoms with E-state index in [-0.39, 0.29) is 17.4 Å². The van der Waals surface area contributed by atoms with Crippen LogP contribution < -0.4 is 0 Å². The Morgan fingerprint density at radius 3 is 2.88 bits per heavy atom. The lowest BCUT2D eigenvalue weighted by Gasteiger charge is -2.52. The smallest absolute Gasteiger partial charge is 0.274 e. The molecule has 3 fully saturated rings. The van der Waals surface area contributed by atoms with Gasteiger partial charge in [-0.05, 0) is 38.5 Å². The van der Waals surface area contributed by atoms with Gasteiger partial charge in [-0.1, -0.05) is 0 Å². The van der Waals surface area contributed by atoms with E-state index in [1.54, 1.807) is 0 Å². The molecule has 7 heteroatoms. The highest BCUT2D eigenvalue weighted by atomic mass is 16.5. The molecule has 5 rings (SSSR count). The molecule has 0 saturated carbocycles. The molecule has 0 bridgehead atoms. The summed E-state index contributed by atoms with van der Waals surface area (Å²) in [6, 6.07) is 0. The fourth-order valence-electron chi connectivity index (χ4n) is 4.96. The molecule has 1 aromatic rings. The predicted octanol–water partition coefficient (Wildman–Crippen LogP) is 1.14. The molecule has 1 aromatic heterocycles. The number of ether oxygens (including phenoxy) is 1. The molecule has 1 spiro atoms. The number of likely N-dealkylation sites (tertiary alicyclic amines) is 2. The maximum atomic E-state index is 12.7. The van der Waals surface area contributed by atoms with Gasteiger partial charge in [0.2, 0.25) is 5.91 Å².